The Labute approximate surface area is 115 Å². The molecule has 1 aliphatic heterocycles. The number of morpholine rings is 1. The molecule has 1 heterocycles. The van der Waals surface area contributed by atoms with E-state index in [1.807, 2.05) is 30.5 Å². The second-order valence-corrected chi connectivity index (χ2v) is 5.17. The Morgan fingerprint density at radius 2 is 2.05 bits per heavy atom. The summed E-state index contributed by atoms with van der Waals surface area (Å²) in [6.07, 6.45) is 0.942. The lowest BCUT2D eigenvalue weighted by molar-refractivity contribution is -0.171. The van der Waals surface area contributed by atoms with Gasteiger partial charge in [-0.05, 0) is 24.0 Å². The lowest BCUT2D eigenvalue weighted by Gasteiger charge is -2.37. The number of nitrogens with zero attached hydrogens (tertiary/aromatic N) is 1. The minimum Gasteiger partial charge on any atom is -0.479 e. The number of amides is 1. The maximum Gasteiger partial charge on any atom is 0.335 e. The first-order valence-electron chi connectivity index (χ1n) is 5.78. The van der Waals surface area contributed by atoms with Crippen LogP contribution in [-0.2, 0) is 14.3 Å². The minimum atomic E-state index is -1.06. The van der Waals surface area contributed by atoms with Gasteiger partial charge in [0, 0.05) is 11.9 Å². The van der Waals surface area contributed by atoms with Gasteiger partial charge >= 0.3 is 5.97 Å². The standard InChI is InChI=1S/C13H15NO4S/c1-14-10(15)7-18-12(13(16)17)11(14)8-3-5-9(19-2)6-4-8/h3-6,11-12H,7H2,1-2H3,(H,16,17). The van der Waals surface area contributed by atoms with Crippen LogP contribution in [0, 0.1) is 0 Å². The van der Waals surface area contributed by atoms with Crippen molar-refractivity contribution in [2.75, 3.05) is 19.9 Å². The number of carbonyl (C=O) groups excluding carboxylic acids is 1. The Hall–Kier alpha value is -1.53. The van der Waals surface area contributed by atoms with Gasteiger partial charge in [-0.25, -0.2) is 4.79 Å². The van der Waals surface area contributed by atoms with Crippen molar-refractivity contribution >= 4 is 23.6 Å². The molecule has 2 atom stereocenters. The molecule has 19 heavy (non-hydrogen) atoms. The molecule has 0 spiro atoms. The Morgan fingerprint density at radius 3 is 2.58 bits per heavy atom. The number of carbonyl (C=O) groups is 2. The number of rotatable bonds is 3. The van der Waals surface area contributed by atoms with Crippen molar-refractivity contribution in [3.63, 3.8) is 0 Å². The van der Waals surface area contributed by atoms with E-state index in [1.165, 1.54) is 4.90 Å². The number of aliphatic carboxylic acids is 1. The summed E-state index contributed by atoms with van der Waals surface area (Å²) >= 11 is 1.60. The summed E-state index contributed by atoms with van der Waals surface area (Å²) < 4.78 is 5.15. The molecule has 2 rings (SSSR count). The van der Waals surface area contributed by atoms with E-state index in [0.29, 0.717) is 0 Å². The smallest absolute Gasteiger partial charge is 0.335 e. The van der Waals surface area contributed by atoms with Crippen molar-refractivity contribution < 1.29 is 19.4 Å². The van der Waals surface area contributed by atoms with E-state index in [1.54, 1.807) is 18.8 Å². The van der Waals surface area contributed by atoms with Crippen LogP contribution in [0.4, 0.5) is 0 Å². The number of benzene rings is 1. The van der Waals surface area contributed by atoms with Crippen molar-refractivity contribution in [2.45, 2.75) is 17.0 Å². The summed E-state index contributed by atoms with van der Waals surface area (Å²) in [6.45, 7) is -0.188. The van der Waals surface area contributed by atoms with Crippen LogP contribution >= 0.6 is 11.8 Å². The van der Waals surface area contributed by atoms with Gasteiger partial charge in [-0.15, -0.1) is 11.8 Å². The van der Waals surface area contributed by atoms with Crippen LogP contribution in [0.5, 0.6) is 0 Å². The quantitative estimate of drug-likeness (QED) is 0.848. The second-order valence-electron chi connectivity index (χ2n) is 4.29. The molecule has 1 aromatic rings. The molecule has 0 aromatic heterocycles. The highest BCUT2D eigenvalue weighted by Crippen LogP contribution is 2.30. The Kier molecular flexibility index (Phi) is 4.11. The maximum absolute atomic E-state index is 11.7. The average molecular weight is 281 g/mol. The van der Waals surface area contributed by atoms with E-state index >= 15 is 0 Å². The van der Waals surface area contributed by atoms with Gasteiger partial charge < -0.3 is 14.7 Å². The van der Waals surface area contributed by atoms with Gasteiger partial charge in [-0.3, -0.25) is 4.79 Å². The van der Waals surface area contributed by atoms with Crippen molar-refractivity contribution in [2.24, 2.45) is 0 Å². The highest BCUT2D eigenvalue weighted by atomic mass is 32.2. The third-order valence-corrected chi connectivity index (χ3v) is 3.93. The molecule has 6 heteroatoms. The van der Waals surface area contributed by atoms with Gasteiger partial charge in [0.05, 0.1) is 6.04 Å². The Bertz CT molecular complexity index is 488. The molecule has 1 amide bonds. The molecule has 0 saturated carbocycles. The van der Waals surface area contributed by atoms with Crippen LogP contribution in [0.15, 0.2) is 29.2 Å². The van der Waals surface area contributed by atoms with Gasteiger partial charge in [0.1, 0.15) is 6.61 Å². The molecule has 1 aromatic carbocycles. The maximum atomic E-state index is 11.7. The molecule has 1 saturated heterocycles. The molecule has 0 bridgehead atoms. The van der Waals surface area contributed by atoms with Crippen molar-refractivity contribution in [3.8, 4) is 0 Å². The fourth-order valence-electron chi connectivity index (χ4n) is 2.12. The summed E-state index contributed by atoms with van der Waals surface area (Å²) in [5.74, 6) is -1.27. The molecule has 102 valence electrons. The van der Waals surface area contributed by atoms with E-state index < -0.39 is 18.1 Å². The zero-order valence-corrected chi connectivity index (χ0v) is 11.5. The molecular formula is C13H15NO4S. The lowest BCUT2D eigenvalue weighted by Crippen LogP contribution is -2.50. The summed E-state index contributed by atoms with van der Waals surface area (Å²) in [6, 6.07) is 6.91. The van der Waals surface area contributed by atoms with E-state index in [0.717, 1.165) is 10.5 Å². The van der Waals surface area contributed by atoms with E-state index in [4.69, 9.17) is 4.74 Å². The summed E-state index contributed by atoms with van der Waals surface area (Å²) in [5, 5.41) is 9.21. The molecule has 1 fully saturated rings. The number of hydrogen-bond donors (Lipinski definition) is 1. The molecule has 0 aliphatic carbocycles. The largest absolute Gasteiger partial charge is 0.479 e. The van der Waals surface area contributed by atoms with Gasteiger partial charge in [-0.1, -0.05) is 12.1 Å². The number of thioether (sulfide) groups is 1. The molecule has 2 unspecified atom stereocenters. The van der Waals surface area contributed by atoms with Crippen LogP contribution in [0.25, 0.3) is 0 Å². The third-order valence-electron chi connectivity index (χ3n) is 3.18. The monoisotopic (exact) mass is 281 g/mol. The molecule has 1 N–H and O–H groups in total. The summed E-state index contributed by atoms with van der Waals surface area (Å²) in [4.78, 5) is 25.4. The van der Waals surface area contributed by atoms with Crippen LogP contribution in [0.2, 0.25) is 0 Å². The summed E-state index contributed by atoms with van der Waals surface area (Å²) in [5.41, 5.74) is 0.765. The van der Waals surface area contributed by atoms with Crippen LogP contribution < -0.4 is 0 Å². The van der Waals surface area contributed by atoms with Crippen LogP contribution in [-0.4, -0.2) is 47.9 Å². The normalized spacial score (nSPS) is 23.5. The molecule has 0 radical (unpaired) electrons. The van der Waals surface area contributed by atoms with E-state index in [-0.39, 0.29) is 12.5 Å². The van der Waals surface area contributed by atoms with E-state index in [2.05, 4.69) is 0 Å². The number of carboxylic acid groups (broad SMARTS) is 1. The first kappa shape index (κ1) is 13.9. The number of carboxylic acids is 1. The Morgan fingerprint density at radius 1 is 1.42 bits per heavy atom. The molecule has 5 nitrogen and oxygen atoms in total. The van der Waals surface area contributed by atoms with Gasteiger partial charge in [0.15, 0.2) is 6.10 Å². The van der Waals surface area contributed by atoms with Crippen LogP contribution in [0.1, 0.15) is 11.6 Å². The summed E-state index contributed by atoms with van der Waals surface area (Å²) in [7, 11) is 1.61. The van der Waals surface area contributed by atoms with E-state index in [9.17, 15) is 14.7 Å². The lowest BCUT2D eigenvalue weighted by atomic mass is 9.98. The Balaban J connectivity index is 2.34. The fourth-order valence-corrected chi connectivity index (χ4v) is 2.53. The molecule has 1 aliphatic rings. The fraction of sp³-hybridized carbons (Fsp3) is 0.385. The zero-order chi connectivity index (χ0) is 14.0. The predicted molar refractivity (Wildman–Crippen MR) is 71.1 cm³/mol. The highest BCUT2D eigenvalue weighted by Gasteiger charge is 2.39. The van der Waals surface area contributed by atoms with Crippen molar-refractivity contribution in [1.29, 1.82) is 0 Å². The minimum absolute atomic E-state index is 0.188. The van der Waals surface area contributed by atoms with Crippen LogP contribution in [0.3, 0.4) is 0 Å². The topological polar surface area (TPSA) is 66.8 Å². The zero-order valence-electron chi connectivity index (χ0n) is 10.7. The van der Waals surface area contributed by atoms with Gasteiger partial charge in [0.25, 0.3) is 0 Å². The average Bonchev–Trinajstić information content (AvgIpc) is 2.41. The first-order chi connectivity index (χ1) is 9.04. The SMILES string of the molecule is CSc1ccc(C2C(C(=O)O)OCC(=O)N2C)cc1. The predicted octanol–water partition coefficient (Wildman–Crippen LogP) is 1.39. The van der Waals surface area contributed by atoms with Gasteiger partial charge in [0.2, 0.25) is 5.91 Å². The third kappa shape index (κ3) is 2.74. The van der Waals surface area contributed by atoms with Crippen molar-refractivity contribution in [1.82, 2.24) is 4.90 Å². The number of likely N-dealkylation sites (N-methyl/N-ethyl adjacent to an activating group) is 1. The van der Waals surface area contributed by atoms with Crippen molar-refractivity contribution in [3.05, 3.63) is 29.8 Å². The van der Waals surface area contributed by atoms with Gasteiger partial charge in [-0.2, -0.15) is 0 Å². The second kappa shape index (κ2) is 5.63. The highest BCUT2D eigenvalue weighted by molar-refractivity contribution is 7.98. The number of hydrogen-bond acceptors (Lipinski definition) is 4. The molecular weight excluding hydrogens is 266 g/mol. The first-order valence-corrected chi connectivity index (χ1v) is 7.01. The number of ether oxygens (including phenoxy) is 1.